The number of unbranched alkanes of at least 4 members (excludes halogenated alkanes) is 1. The van der Waals surface area contributed by atoms with Crippen LogP contribution >= 0.6 is 0 Å². The predicted molar refractivity (Wildman–Crippen MR) is 258 cm³/mol. The molecule has 61 heavy (non-hydrogen) atoms. The van der Waals surface area contributed by atoms with Crippen LogP contribution in [0.25, 0.3) is 55.9 Å². The molecule has 0 aliphatic heterocycles. The molecule has 3 aliphatic rings. The molecule has 1 heteroatoms. The first-order valence-corrected chi connectivity index (χ1v) is 22.1. The Kier molecular flexibility index (Phi) is 9.66. The molecule has 0 radical (unpaired) electrons. The summed E-state index contributed by atoms with van der Waals surface area (Å²) in [5, 5.41) is 1.41. The van der Waals surface area contributed by atoms with E-state index in [1.54, 1.807) is 0 Å². The van der Waals surface area contributed by atoms with Gasteiger partial charge in [-0.3, -0.25) is 0 Å². The van der Waals surface area contributed by atoms with Gasteiger partial charge in [-0.05, 0) is 103 Å². The van der Waals surface area contributed by atoms with E-state index in [4.69, 9.17) is 0 Å². The monoisotopic (exact) mass is 783 g/mol. The summed E-state index contributed by atoms with van der Waals surface area (Å²) in [4.78, 5) is 0. The van der Waals surface area contributed by atoms with Gasteiger partial charge in [0.25, 0.3) is 0 Å². The van der Waals surface area contributed by atoms with Gasteiger partial charge in [-0.15, -0.1) is 0 Å². The van der Waals surface area contributed by atoms with Gasteiger partial charge in [0.15, 0.2) is 0 Å². The molecule has 11 rings (SSSR count). The fraction of sp³-hybridized carbons (Fsp3) is 0.133. The van der Waals surface area contributed by atoms with E-state index < -0.39 is 0 Å². The van der Waals surface area contributed by atoms with Crippen LogP contribution in [0.5, 0.6) is 0 Å². The number of fused-ring (bicyclic) bond motifs is 5. The Morgan fingerprint density at radius 3 is 1.77 bits per heavy atom. The number of aryl methyl sites for hydroxylation is 1. The Bertz CT molecular complexity index is 2990. The second kappa shape index (κ2) is 15.9. The Hall–Kier alpha value is -6.96. The Labute approximate surface area is 360 Å². The normalized spacial score (nSPS) is 17.6. The average molecular weight is 784 g/mol. The lowest BCUT2D eigenvalue weighted by Gasteiger charge is -2.37. The van der Waals surface area contributed by atoms with Crippen LogP contribution in [-0.2, 0) is 13.0 Å². The number of rotatable bonds is 9. The van der Waals surface area contributed by atoms with Crippen LogP contribution in [0.15, 0.2) is 212 Å². The molecule has 0 spiro atoms. The van der Waals surface area contributed by atoms with Crippen molar-refractivity contribution in [1.29, 1.82) is 0 Å². The Balaban J connectivity index is 0.849. The third-order valence-electron chi connectivity index (χ3n) is 13.5. The lowest BCUT2D eigenvalue weighted by atomic mass is 9.66. The van der Waals surface area contributed by atoms with Crippen LogP contribution < -0.4 is 0 Å². The minimum Gasteiger partial charge on any atom is -0.341 e. The molecule has 0 amide bonds. The van der Waals surface area contributed by atoms with Gasteiger partial charge in [0.1, 0.15) is 0 Å². The fourth-order valence-electron chi connectivity index (χ4n) is 10.4. The van der Waals surface area contributed by atoms with Gasteiger partial charge < -0.3 is 4.57 Å². The van der Waals surface area contributed by atoms with Crippen molar-refractivity contribution in [3.8, 4) is 33.4 Å². The minimum absolute atomic E-state index is 0.228. The SMILES string of the molecule is CCCCn1c2c(c3ccccc31)CC(c1ccc(-c3ccc(C4c5ccccc5C(c5ccc(-c6ccc(-c7ccccc7)cc6)cc5)=C5C=CC=CC54)cc3)cc1)C=C2. The van der Waals surface area contributed by atoms with Crippen LogP contribution in [0.4, 0.5) is 0 Å². The molecular formula is C60H49N. The third kappa shape index (κ3) is 6.75. The summed E-state index contributed by atoms with van der Waals surface area (Å²) in [5.41, 5.74) is 21.2. The summed E-state index contributed by atoms with van der Waals surface area (Å²) in [5.74, 6) is 0.849. The molecule has 1 aromatic heterocycles. The second-order valence-electron chi connectivity index (χ2n) is 17.0. The number of aromatic nitrogens is 1. The number of allylic oxidation sites excluding steroid dienone is 6. The largest absolute Gasteiger partial charge is 0.341 e. The molecular weight excluding hydrogens is 735 g/mol. The molecule has 1 nitrogen and oxygen atoms in total. The number of para-hydroxylation sites is 1. The van der Waals surface area contributed by atoms with Gasteiger partial charge in [0, 0.05) is 40.9 Å². The van der Waals surface area contributed by atoms with E-state index in [-0.39, 0.29) is 11.8 Å². The van der Waals surface area contributed by atoms with E-state index in [0.717, 1.165) is 13.0 Å². The quantitative estimate of drug-likeness (QED) is 0.137. The van der Waals surface area contributed by atoms with Crippen LogP contribution in [-0.4, -0.2) is 4.57 Å². The van der Waals surface area contributed by atoms with Crippen molar-refractivity contribution >= 4 is 22.6 Å². The van der Waals surface area contributed by atoms with Crippen LogP contribution in [0.3, 0.4) is 0 Å². The molecule has 0 saturated carbocycles. The van der Waals surface area contributed by atoms with Crippen molar-refractivity contribution in [2.24, 2.45) is 5.92 Å². The zero-order valence-corrected chi connectivity index (χ0v) is 34.7. The first kappa shape index (κ1) is 37.1. The molecule has 294 valence electrons. The van der Waals surface area contributed by atoms with Crippen LogP contribution in [0.2, 0.25) is 0 Å². The Morgan fingerprint density at radius 1 is 0.508 bits per heavy atom. The number of hydrogen-bond acceptors (Lipinski definition) is 0. The third-order valence-corrected chi connectivity index (χ3v) is 13.5. The molecule has 8 aromatic rings. The number of nitrogens with zero attached hydrogens (tertiary/aromatic N) is 1. The fourth-order valence-corrected chi connectivity index (χ4v) is 10.4. The summed E-state index contributed by atoms with van der Waals surface area (Å²) >= 11 is 0. The second-order valence-corrected chi connectivity index (χ2v) is 17.0. The lowest BCUT2D eigenvalue weighted by molar-refractivity contribution is 0.641. The molecule has 3 unspecified atom stereocenters. The summed E-state index contributed by atoms with van der Waals surface area (Å²) < 4.78 is 2.54. The lowest BCUT2D eigenvalue weighted by Crippen LogP contribution is -2.22. The van der Waals surface area contributed by atoms with E-state index in [1.165, 1.54) is 107 Å². The molecule has 0 saturated heterocycles. The predicted octanol–water partition coefficient (Wildman–Crippen LogP) is 15.5. The summed E-state index contributed by atoms with van der Waals surface area (Å²) in [6.07, 6.45) is 17.5. The highest BCUT2D eigenvalue weighted by atomic mass is 15.0. The number of benzene rings is 7. The van der Waals surface area contributed by atoms with Crippen molar-refractivity contribution in [2.75, 3.05) is 0 Å². The number of hydrogen-bond donors (Lipinski definition) is 0. The summed E-state index contributed by atoms with van der Waals surface area (Å²) in [7, 11) is 0. The van der Waals surface area contributed by atoms with E-state index >= 15 is 0 Å². The van der Waals surface area contributed by atoms with Crippen molar-refractivity contribution in [2.45, 2.75) is 44.6 Å². The van der Waals surface area contributed by atoms with Gasteiger partial charge in [-0.2, -0.15) is 0 Å². The molecule has 3 aliphatic carbocycles. The van der Waals surface area contributed by atoms with E-state index in [9.17, 15) is 0 Å². The molecule has 1 heterocycles. The topological polar surface area (TPSA) is 4.93 Å². The standard InChI is InChI=1S/C60H49N/c1-2-3-39-61-57-20-12-11-15-51(57)56-40-50(37-38-58(56)61)47-27-25-44(26-28-47)46-31-35-49(36-32-46)60-54-18-9-7-16-52(54)59(53-17-8-10-19-55(53)60)48-33-29-45(30-34-48)43-23-21-42(22-24-43)41-13-5-4-6-14-41/h4-38,50,54,60H,2-3,39-40H2,1H3. The van der Waals surface area contributed by atoms with Gasteiger partial charge in [-0.25, -0.2) is 0 Å². The maximum atomic E-state index is 2.54. The first-order chi connectivity index (χ1) is 30.2. The summed E-state index contributed by atoms with van der Waals surface area (Å²) in [6.45, 7) is 3.36. The smallest absolute Gasteiger partial charge is 0.0487 e. The van der Waals surface area contributed by atoms with Crippen molar-refractivity contribution in [1.82, 2.24) is 4.57 Å². The Morgan fingerprint density at radius 2 is 1.08 bits per heavy atom. The van der Waals surface area contributed by atoms with Gasteiger partial charge in [-0.1, -0.05) is 214 Å². The van der Waals surface area contributed by atoms with Crippen LogP contribution in [0, 0.1) is 5.92 Å². The van der Waals surface area contributed by atoms with Crippen molar-refractivity contribution < 1.29 is 0 Å². The van der Waals surface area contributed by atoms with E-state index in [2.05, 4.69) is 224 Å². The van der Waals surface area contributed by atoms with Gasteiger partial charge in [0.2, 0.25) is 0 Å². The molecule has 0 fully saturated rings. The molecule has 0 N–H and O–H groups in total. The maximum Gasteiger partial charge on any atom is 0.0487 e. The molecule has 7 aromatic carbocycles. The molecule has 3 atom stereocenters. The zero-order valence-electron chi connectivity index (χ0n) is 34.7. The van der Waals surface area contributed by atoms with E-state index in [0.29, 0.717) is 5.92 Å². The van der Waals surface area contributed by atoms with Crippen LogP contribution in [0.1, 0.15) is 70.7 Å². The summed E-state index contributed by atoms with van der Waals surface area (Å²) in [6, 6.07) is 65.5. The van der Waals surface area contributed by atoms with E-state index in [1.807, 2.05) is 0 Å². The highest BCUT2D eigenvalue weighted by Gasteiger charge is 2.35. The van der Waals surface area contributed by atoms with Gasteiger partial charge in [0.05, 0.1) is 0 Å². The molecule has 0 bridgehead atoms. The highest BCUT2D eigenvalue weighted by Crippen LogP contribution is 2.50. The average Bonchev–Trinajstić information content (AvgIpc) is 3.65. The van der Waals surface area contributed by atoms with Gasteiger partial charge >= 0.3 is 0 Å². The van der Waals surface area contributed by atoms with Crippen molar-refractivity contribution in [3.63, 3.8) is 0 Å². The first-order valence-electron chi connectivity index (χ1n) is 22.1. The minimum atomic E-state index is 0.228. The van der Waals surface area contributed by atoms with Crippen molar-refractivity contribution in [3.05, 3.63) is 251 Å². The maximum absolute atomic E-state index is 2.54. The highest BCUT2D eigenvalue weighted by molar-refractivity contribution is 5.90. The zero-order chi connectivity index (χ0) is 40.7.